The number of ether oxygens (including phenoxy) is 1. The molecule has 0 spiro atoms. The first kappa shape index (κ1) is 15.6. The lowest BCUT2D eigenvalue weighted by Crippen LogP contribution is -2.20. The number of rotatable bonds is 5. The van der Waals surface area contributed by atoms with Crippen LogP contribution in [-0.2, 0) is 4.74 Å². The highest BCUT2D eigenvalue weighted by Gasteiger charge is 2.24. The van der Waals surface area contributed by atoms with E-state index >= 15 is 0 Å². The van der Waals surface area contributed by atoms with Crippen molar-refractivity contribution >= 4 is 5.97 Å². The number of aromatic nitrogens is 2. The zero-order chi connectivity index (χ0) is 16.1. The highest BCUT2D eigenvalue weighted by Crippen LogP contribution is 2.23. The fourth-order valence-electron chi connectivity index (χ4n) is 2.10. The third kappa shape index (κ3) is 2.93. The van der Waals surface area contributed by atoms with Crippen LogP contribution in [0, 0.1) is 18.3 Å². The number of nitrogens with zero attached hydrogens (tertiary/aromatic N) is 3. The van der Waals surface area contributed by atoms with Gasteiger partial charge in [-0.05, 0) is 32.9 Å². The third-order valence-electron chi connectivity index (χ3n) is 2.99. The molecule has 6 nitrogen and oxygen atoms in total. The van der Waals surface area contributed by atoms with Crippen molar-refractivity contribution in [2.24, 2.45) is 0 Å². The summed E-state index contributed by atoms with van der Waals surface area (Å²) in [6.45, 7) is 5.92. The fraction of sp³-hybridized carbons (Fsp3) is 0.312. The summed E-state index contributed by atoms with van der Waals surface area (Å²) in [6.07, 6.45) is 0. The van der Waals surface area contributed by atoms with Crippen LogP contribution in [-0.4, -0.2) is 28.9 Å². The quantitative estimate of drug-likeness (QED) is 0.792. The van der Waals surface area contributed by atoms with Crippen LogP contribution >= 0.6 is 0 Å². The zero-order valence-corrected chi connectivity index (χ0v) is 12.8. The van der Waals surface area contributed by atoms with Gasteiger partial charge in [0.05, 0.1) is 23.9 Å². The van der Waals surface area contributed by atoms with Crippen LogP contribution in [0.3, 0.4) is 0 Å². The number of carbonyl (C=O) groups excluding carboxylic acids is 1. The lowest BCUT2D eigenvalue weighted by Gasteiger charge is -2.11. The van der Waals surface area contributed by atoms with E-state index in [1.807, 2.05) is 13.0 Å². The van der Waals surface area contributed by atoms with Gasteiger partial charge in [-0.2, -0.15) is 9.99 Å². The standard InChI is InChI=1S/C16H17N3O3/c1-4-21-16(20)14-11(3)18-15(19(14)22-5-2)13-8-6-7-12(9-13)10-17/h6-9H,4-5H2,1-3H3. The number of aryl methyl sites for hydroxylation is 1. The third-order valence-corrected chi connectivity index (χ3v) is 2.99. The van der Waals surface area contributed by atoms with Crippen molar-refractivity contribution in [2.45, 2.75) is 20.8 Å². The summed E-state index contributed by atoms with van der Waals surface area (Å²) in [6, 6.07) is 9.06. The number of carbonyl (C=O) groups is 1. The molecule has 0 atom stereocenters. The summed E-state index contributed by atoms with van der Waals surface area (Å²) in [5.41, 5.74) is 2.00. The Balaban J connectivity index is 2.58. The molecule has 2 aromatic rings. The molecule has 0 amide bonds. The van der Waals surface area contributed by atoms with Gasteiger partial charge in [-0.25, -0.2) is 9.78 Å². The highest BCUT2D eigenvalue weighted by molar-refractivity contribution is 5.89. The second-order valence-electron chi connectivity index (χ2n) is 4.49. The molecule has 0 unspecified atom stereocenters. The molecule has 0 saturated heterocycles. The van der Waals surface area contributed by atoms with Gasteiger partial charge in [0, 0.05) is 5.56 Å². The number of nitriles is 1. The van der Waals surface area contributed by atoms with Gasteiger partial charge >= 0.3 is 5.97 Å². The number of benzene rings is 1. The molecule has 22 heavy (non-hydrogen) atoms. The maximum absolute atomic E-state index is 12.1. The molecule has 0 saturated carbocycles. The SMILES string of the molecule is CCOC(=O)c1c(C)nc(-c2cccc(C#N)c2)n1OCC. The van der Waals surface area contributed by atoms with E-state index in [0.717, 1.165) is 0 Å². The second-order valence-corrected chi connectivity index (χ2v) is 4.49. The maximum Gasteiger partial charge on any atom is 0.360 e. The molecule has 6 heteroatoms. The molecular formula is C16H17N3O3. The topological polar surface area (TPSA) is 77.1 Å². The number of imidazole rings is 1. The van der Waals surface area contributed by atoms with E-state index < -0.39 is 5.97 Å². The maximum atomic E-state index is 12.1. The van der Waals surface area contributed by atoms with Crippen molar-refractivity contribution in [2.75, 3.05) is 13.2 Å². The minimum atomic E-state index is -0.483. The van der Waals surface area contributed by atoms with Crippen LogP contribution in [0.1, 0.15) is 35.6 Å². The molecule has 2 rings (SSSR count). The monoisotopic (exact) mass is 299 g/mol. The molecule has 0 aliphatic rings. The Morgan fingerprint density at radius 2 is 2.14 bits per heavy atom. The predicted octanol–water partition coefficient (Wildman–Crippen LogP) is 2.36. The predicted molar refractivity (Wildman–Crippen MR) is 80.2 cm³/mol. The fourth-order valence-corrected chi connectivity index (χ4v) is 2.10. The molecule has 0 N–H and O–H groups in total. The first-order chi connectivity index (χ1) is 10.6. The van der Waals surface area contributed by atoms with E-state index in [9.17, 15) is 4.79 Å². The highest BCUT2D eigenvalue weighted by atomic mass is 16.7. The van der Waals surface area contributed by atoms with Crippen LogP contribution in [0.5, 0.6) is 0 Å². The Hall–Kier alpha value is -2.81. The molecule has 0 bridgehead atoms. The van der Waals surface area contributed by atoms with Gasteiger partial charge in [0.2, 0.25) is 0 Å². The Labute approximate surface area is 128 Å². The van der Waals surface area contributed by atoms with E-state index in [1.165, 1.54) is 4.73 Å². The summed E-state index contributed by atoms with van der Waals surface area (Å²) >= 11 is 0. The van der Waals surface area contributed by atoms with Gasteiger partial charge in [0.25, 0.3) is 0 Å². The van der Waals surface area contributed by atoms with Crippen molar-refractivity contribution < 1.29 is 14.4 Å². The van der Waals surface area contributed by atoms with Crippen molar-refractivity contribution in [1.82, 2.24) is 9.71 Å². The first-order valence-corrected chi connectivity index (χ1v) is 7.02. The minimum absolute atomic E-state index is 0.265. The average molecular weight is 299 g/mol. The van der Waals surface area contributed by atoms with E-state index in [4.69, 9.17) is 14.8 Å². The lowest BCUT2D eigenvalue weighted by molar-refractivity contribution is 0.0451. The Bertz CT molecular complexity index is 729. The van der Waals surface area contributed by atoms with Crippen LogP contribution in [0.4, 0.5) is 0 Å². The van der Waals surface area contributed by atoms with Crippen LogP contribution in [0.15, 0.2) is 24.3 Å². The van der Waals surface area contributed by atoms with Crippen LogP contribution < -0.4 is 4.84 Å². The molecule has 0 aliphatic carbocycles. The average Bonchev–Trinajstić information content (AvgIpc) is 2.84. The number of esters is 1. The largest absolute Gasteiger partial charge is 0.461 e. The molecule has 1 heterocycles. The van der Waals surface area contributed by atoms with Crippen LogP contribution in [0.2, 0.25) is 0 Å². The Morgan fingerprint density at radius 3 is 2.77 bits per heavy atom. The van der Waals surface area contributed by atoms with Gasteiger partial charge in [-0.3, -0.25) is 0 Å². The molecule has 114 valence electrons. The van der Waals surface area contributed by atoms with E-state index in [-0.39, 0.29) is 12.3 Å². The van der Waals surface area contributed by atoms with Crippen LogP contribution in [0.25, 0.3) is 11.4 Å². The summed E-state index contributed by atoms with van der Waals surface area (Å²) < 4.78 is 6.44. The summed E-state index contributed by atoms with van der Waals surface area (Å²) in [5.74, 6) is -0.0110. The van der Waals surface area contributed by atoms with E-state index in [2.05, 4.69) is 11.1 Å². The van der Waals surface area contributed by atoms with Gasteiger partial charge in [0.1, 0.15) is 6.61 Å². The van der Waals surface area contributed by atoms with Gasteiger partial charge in [-0.15, -0.1) is 0 Å². The lowest BCUT2D eigenvalue weighted by atomic mass is 10.1. The smallest absolute Gasteiger partial charge is 0.360 e. The molecule has 0 fully saturated rings. The van der Waals surface area contributed by atoms with Gasteiger partial charge < -0.3 is 9.57 Å². The Morgan fingerprint density at radius 1 is 1.36 bits per heavy atom. The molecule has 0 aliphatic heterocycles. The van der Waals surface area contributed by atoms with Crippen molar-refractivity contribution in [3.63, 3.8) is 0 Å². The van der Waals surface area contributed by atoms with Crippen molar-refractivity contribution in [1.29, 1.82) is 5.26 Å². The first-order valence-electron chi connectivity index (χ1n) is 7.02. The summed E-state index contributed by atoms with van der Waals surface area (Å²) in [7, 11) is 0. The zero-order valence-electron chi connectivity index (χ0n) is 12.8. The minimum Gasteiger partial charge on any atom is -0.461 e. The van der Waals surface area contributed by atoms with E-state index in [1.54, 1.807) is 32.0 Å². The molecule has 1 aromatic heterocycles. The van der Waals surface area contributed by atoms with Gasteiger partial charge in [0.15, 0.2) is 11.5 Å². The molecule has 0 radical (unpaired) electrons. The molecular weight excluding hydrogens is 282 g/mol. The normalized spacial score (nSPS) is 10.1. The second kappa shape index (κ2) is 6.76. The molecule has 1 aromatic carbocycles. The Kier molecular flexibility index (Phi) is 4.79. The number of hydrogen-bond acceptors (Lipinski definition) is 5. The number of hydrogen-bond donors (Lipinski definition) is 0. The summed E-state index contributed by atoms with van der Waals surface area (Å²) in [5, 5.41) is 9.02. The van der Waals surface area contributed by atoms with Crippen molar-refractivity contribution in [3.8, 4) is 17.5 Å². The van der Waals surface area contributed by atoms with E-state index in [0.29, 0.717) is 29.3 Å². The van der Waals surface area contributed by atoms with Gasteiger partial charge in [-0.1, -0.05) is 12.1 Å². The van der Waals surface area contributed by atoms with Crippen molar-refractivity contribution in [3.05, 3.63) is 41.2 Å². The summed E-state index contributed by atoms with van der Waals surface area (Å²) in [4.78, 5) is 22.1.